The zero-order chi connectivity index (χ0) is 15.7. The fourth-order valence-corrected chi connectivity index (χ4v) is 3.81. The number of nitrogens with one attached hydrogen (secondary N) is 2. The van der Waals surface area contributed by atoms with E-state index in [0.29, 0.717) is 19.1 Å². The van der Waals surface area contributed by atoms with Crippen LogP contribution < -0.4 is 10.6 Å². The topological polar surface area (TPSA) is 59.6 Å². The quantitative estimate of drug-likeness (QED) is 0.901. The van der Waals surface area contributed by atoms with E-state index in [2.05, 4.69) is 34.9 Å². The van der Waals surface area contributed by atoms with Crippen molar-refractivity contribution >= 4 is 6.03 Å². The molecule has 124 valence electrons. The summed E-state index contributed by atoms with van der Waals surface area (Å²) in [5.41, 5.74) is 1.31. The van der Waals surface area contributed by atoms with Gasteiger partial charge < -0.3 is 20.1 Å². The first kappa shape index (κ1) is 15.0. The molecule has 1 heterocycles. The molecule has 0 unspecified atom stereocenters. The largest absolute Gasteiger partial charge is 0.348 e. The Morgan fingerprint density at radius 3 is 2.43 bits per heavy atom. The lowest BCUT2D eigenvalue weighted by molar-refractivity contribution is -0.179. The Bertz CT molecular complexity index is 547. The summed E-state index contributed by atoms with van der Waals surface area (Å²) < 4.78 is 11.4. The van der Waals surface area contributed by atoms with E-state index in [9.17, 15) is 4.79 Å². The third-order valence-corrected chi connectivity index (χ3v) is 5.23. The van der Waals surface area contributed by atoms with Crippen LogP contribution in [0.3, 0.4) is 0 Å². The fourth-order valence-electron chi connectivity index (χ4n) is 3.81. The standard InChI is InChI=1S/C18H24N2O3/c21-17(20-16-12-15(16)13-4-2-1-3-5-13)19-14-6-8-18(9-7-14)22-10-11-23-18/h1-5,14-16H,6-12H2,(H2,19,20,21)/t15-,16+/m0/s1. The highest BCUT2D eigenvalue weighted by atomic mass is 16.7. The number of rotatable bonds is 3. The van der Waals surface area contributed by atoms with E-state index in [4.69, 9.17) is 9.47 Å². The molecule has 1 spiro atoms. The molecule has 4 rings (SSSR count). The van der Waals surface area contributed by atoms with E-state index in [1.54, 1.807) is 0 Å². The maximum absolute atomic E-state index is 12.2. The third-order valence-electron chi connectivity index (χ3n) is 5.23. The van der Waals surface area contributed by atoms with Gasteiger partial charge in [0.2, 0.25) is 0 Å². The normalized spacial score (nSPS) is 29.4. The van der Waals surface area contributed by atoms with Crippen molar-refractivity contribution in [2.75, 3.05) is 13.2 Å². The molecule has 2 N–H and O–H groups in total. The summed E-state index contributed by atoms with van der Waals surface area (Å²) in [6.07, 6.45) is 4.61. The molecule has 0 aromatic heterocycles. The van der Waals surface area contributed by atoms with Gasteiger partial charge in [0.15, 0.2) is 5.79 Å². The molecule has 2 aliphatic carbocycles. The lowest BCUT2D eigenvalue weighted by Gasteiger charge is -2.35. The Hall–Kier alpha value is -1.59. The van der Waals surface area contributed by atoms with Gasteiger partial charge in [-0.15, -0.1) is 0 Å². The molecule has 2 atom stereocenters. The summed E-state index contributed by atoms with van der Waals surface area (Å²) in [7, 11) is 0. The maximum Gasteiger partial charge on any atom is 0.315 e. The van der Waals surface area contributed by atoms with Gasteiger partial charge in [-0.2, -0.15) is 0 Å². The maximum atomic E-state index is 12.2. The zero-order valence-corrected chi connectivity index (χ0v) is 13.3. The van der Waals surface area contributed by atoms with Crippen LogP contribution in [0, 0.1) is 0 Å². The Balaban J connectivity index is 1.21. The van der Waals surface area contributed by atoms with Gasteiger partial charge in [-0.25, -0.2) is 4.79 Å². The summed E-state index contributed by atoms with van der Waals surface area (Å²) in [5.74, 6) is 0.112. The number of hydrogen-bond donors (Lipinski definition) is 2. The second-order valence-corrected chi connectivity index (χ2v) is 6.86. The summed E-state index contributed by atoms with van der Waals surface area (Å²) >= 11 is 0. The molecule has 0 bridgehead atoms. The minimum atomic E-state index is -0.358. The molecule has 2 saturated carbocycles. The van der Waals surface area contributed by atoms with E-state index in [-0.39, 0.29) is 23.9 Å². The monoisotopic (exact) mass is 316 g/mol. The molecule has 2 amide bonds. The number of urea groups is 1. The van der Waals surface area contributed by atoms with Crippen molar-refractivity contribution < 1.29 is 14.3 Å². The molecule has 5 heteroatoms. The molecule has 1 saturated heterocycles. The van der Waals surface area contributed by atoms with Crippen LogP contribution in [0.4, 0.5) is 4.79 Å². The van der Waals surface area contributed by atoms with Crippen molar-refractivity contribution in [2.45, 2.75) is 55.9 Å². The Labute approximate surface area is 136 Å². The summed E-state index contributed by atoms with van der Waals surface area (Å²) in [6.45, 7) is 1.39. The van der Waals surface area contributed by atoms with Gasteiger partial charge in [-0.1, -0.05) is 30.3 Å². The van der Waals surface area contributed by atoms with E-state index < -0.39 is 0 Å². The van der Waals surface area contributed by atoms with Crippen molar-refractivity contribution in [3.8, 4) is 0 Å². The molecule has 1 aliphatic heterocycles. The van der Waals surface area contributed by atoms with Gasteiger partial charge >= 0.3 is 6.03 Å². The number of ether oxygens (including phenoxy) is 2. The average molecular weight is 316 g/mol. The number of hydrogen-bond acceptors (Lipinski definition) is 3. The van der Waals surface area contributed by atoms with Crippen LogP contribution >= 0.6 is 0 Å². The Kier molecular flexibility index (Phi) is 3.99. The first-order valence-corrected chi connectivity index (χ1v) is 8.64. The third kappa shape index (κ3) is 3.35. The molecule has 3 aliphatic rings. The molecule has 0 radical (unpaired) electrons. The molecular weight excluding hydrogens is 292 g/mol. The predicted molar refractivity (Wildman–Crippen MR) is 86.1 cm³/mol. The second kappa shape index (κ2) is 6.13. The fraction of sp³-hybridized carbons (Fsp3) is 0.611. The highest BCUT2D eigenvalue weighted by Gasteiger charge is 2.42. The van der Waals surface area contributed by atoms with E-state index in [1.807, 2.05) is 6.07 Å². The first-order valence-electron chi connectivity index (χ1n) is 8.64. The summed E-state index contributed by atoms with van der Waals surface area (Å²) in [6, 6.07) is 10.8. The van der Waals surface area contributed by atoms with Crippen molar-refractivity contribution in [2.24, 2.45) is 0 Å². The van der Waals surface area contributed by atoms with Crippen molar-refractivity contribution in [1.82, 2.24) is 10.6 Å². The van der Waals surface area contributed by atoms with Crippen LogP contribution in [0.25, 0.3) is 0 Å². The van der Waals surface area contributed by atoms with Crippen LogP contribution in [0.2, 0.25) is 0 Å². The van der Waals surface area contributed by atoms with Gasteiger partial charge in [-0.05, 0) is 24.8 Å². The molecule has 1 aromatic rings. The van der Waals surface area contributed by atoms with Gasteiger partial charge in [0.1, 0.15) is 0 Å². The van der Waals surface area contributed by atoms with Crippen LogP contribution in [0.1, 0.15) is 43.6 Å². The molecule has 23 heavy (non-hydrogen) atoms. The highest BCUT2D eigenvalue weighted by molar-refractivity contribution is 5.75. The Morgan fingerprint density at radius 1 is 1.04 bits per heavy atom. The Morgan fingerprint density at radius 2 is 1.74 bits per heavy atom. The minimum absolute atomic E-state index is 0.0392. The molecule has 1 aromatic carbocycles. The van der Waals surface area contributed by atoms with Crippen LogP contribution in [-0.4, -0.2) is 37.1 Å². The number of carbonyl (C=O) groups excluding carboxylic acids is 1. The predicted octanol–water partition coefficient (Wildman–Crippen LogP) is 2.53. The second-order valence-electron chi connectivity index (χ2n) is 6.86. The van der Waals surface area contributed by atoms with Crippen LogP contribution in [-0.2, 0) is 9.47 Å². The van der Waals surface area contributed by atoms with Gasteiger partial charge in [0, 0.05) is 30.8 Å². The summed E-state index contributed by atoms with van der Waals surface area (Å²) in [4.78, 5) is 12.2. The summed E-state index contributed by atoms with van der Waals surface area (Å²) in [5, 5.41) is 6.21. The van der Waals surface area contributed by atoms with Gasteiger partial charge in [0.25, 0.3) is 0 Å². The van der Waals surface area contributed by atoms with E-state index >= 15 is 0 Å². The van der Waals surface area contributed by atoms with Crippen LogP contribution in [0.5, 0.6) is 0 Å². The first-order chi connectivity index (χ1) is 11.2. The number of benzene rings is 1. The van der Waals surface area contributed by atoms with Crippen molar-refractivity contribution in [3.05, 3.63) is 35.9 Å². The van der Waals surface area contributed by atoms with Crippen LogP contribution in [0.15, 0.2) is 30.3 Å². The number of amides is 2. The van der Waals surface area contributed by atoms with E-state index in [1.165, 1.54) is 5.56 Å². The van der Waals surface area contributed by atoms with E-state index in [0.717, 1.165) is 32.1 Å². The van der Waals surface area contributed by atoms with Crippen molar-refractivity contribution in [3.63, 3.8) is 0 Å². The molecule has 5 nitrogen and oxygen atoms in total. The zero-order valence-electron chi connectivity index (χ0n) is 13.3. The van der Waals surface area contributed by atoms with Gasteiger partial charge in [-0.3, -0.25) is 0 Å². The average Bonchev–Trinajstić information content (AvgIpc) is 3.19. The highest BCUT2D eigenvalue weighted by Crippen LogP contribution is 2.40. The SMILES string of the molecule is O=C(NC1CCC2(CC1)OCCO2)N[C@@H]1C[C@H]1c1ccccc1. The lowest BCUT2D eigenvalue weighted by Crippen LogP contribution is -2.47. The minimum Gasteiger partial charge on any atom is -0.348 e. The van der Waals surface area contributed by atoms with Crippen molar-refractivity contribution in [1.29, 1.82) is 0 Å². The smallest absolute Gasteiger partial charge is 0.315 e. The van der Waals surface area contributed by atoms with Gasteiger partial charge in [0.05, 0.1) is 13.2 Å². The molecule has 3 fully saturated rings. The molecular formula is C18H24N2O3. The number of carbonyl (C=O) groups is 1. The lowest BCUT2D eigenvalue weighted by atomic mass is 9.90.